The lowest BCUT2D eigenvalue weighted by molar-refractivity contribution is 1.16. The summed E-state index contributed by atoms with van der Waals surface area (Å²) in [6, 6.07) is 11.4. The van der Waals surface area contributed by atoms with Crippen molar-refractivity contribution in [2.45, 2.75) is 4.83 Å². The summed E-state index contributed by atoms with van der Waals surface area (Å²) in [4.78, 5) is 0.0397. The van der Waals surface area contributed by atoms with Crippen molar-refractivity contribution in [3.05, 3.63) is 66.2 Å². The first-order valence-corrected chi connectivity index (χ1v) is 8.16. The minimum Gasteiger partial charge on any atom is -0.0843 e. The molecule has 2 aromatic carbocycles. The first-order valence-electron chi connectivity index (χ1n) is 5.03. The number of hydrogen-bond donors (Lipinski definition) is 0. The summed E-state index contributed by atoms with van der Waals surface area (Å²) in [5, 5.41) is 1.83. The van der Waals surface area contributed by atoms with Crippen molar-refractivity contribution in [3.63, 3.8) is 0 Å². The molecule has 2 rings (SSSR count). The fraction of sp³-hybridized carbons (Fsp3) is 0.0769. The van der Waals surface area contributed by atoms with Crippen LogP contribution in [0.2, 0.25) is 15.1 Å². The molecule has 1 unspecified atom stereocenters. The van der Waals surface area contributed by atoms with Gasteiger partial charge in [-0.3, -0.25) is 0 Å². The van der Waals surface area contributed by atoms with Crippen LogP contribution >= 0.6 is 73.3 Å². The van der Waals surface area contributed by atoms with Gasteiger partial charge < -0.3 is 0 Å². The van der Waals surface area contributed by atoms with Crippen LogP contribution in [0, 0.1) is 3.57 Å². The molecule has 5 heteroatoms. The highest BCUT2D eigenvalue weighted by Crippen LogP contribution is 2.37. The van der Waals surface area contributed by atoms with Crippen LogP contribution in [0.25, 0.3) is 0 Å². The molecule has 0 fully saturated rings. The molecule has 0 aliphatic carbocycles. The Kier molecular flexibility index (Phi) is 5.23. The van der Waals surface area contributed by atoms with Crippen LogP contribution in [-0.2, 0) is 0 Å². The Balaban J connectivity index is 2.44. The summed E-state index contributed by atoms with van der Waals surface area (Å²) in [7, 11) is 0. The Labute approximate surface area is 143 Å². The lowest BCUT2D eigenvalue weighted by Gasteiger charge is -2.14. The largest absolute Gasteiger partial charge is 0.0843 e. The summed E-state index contributed by atoms with van der Waals surface area (Å²) in [6.07, 6.45) is 0. The third-order valence-electron chi connectivity index (χ3n) is 2.47. The molecule has 0 spiro atoms. The van der Waals surface area contributed by atoms with Crippen LogP contribution in [0.5, 0.6) is 0 Å². The molecule has 2 aromatic rings. The molecule has 0 aliphatic heterocycles. The molecule has 0 nitrogen and oxygen atoms in total. The first-order chi connectivity index (χ1) is 8.49. The highest BCUT2D eigenvalue weighted by atomic mass is 127. The van der Waals surface area contributed by atoms with Gasteiger partial charge in [-0.15, -0.1) is 0 Å². The lowest BCUT2D eigenvalue weighted by Crippen LogP contribution is -1.96. The van der Waals surface area contributed by atoms with Crippen molar-refractivity contribution in [3.8, 4) is 0 Å². The molecule has 0 radical (unpaired) electrons. The smallest absolute Gasteiger partial charge is 0.0655 e. The van der Waals surface area contributed by atoms with E-state index in [4.69, 9.17) is 34.8 Å². The first kappa shape index (κ1) is 14.9. The van der Waals surface area contributed by atoms with E-state index in [-0.39, 0.29) is 4.83 Å². The van der Waals surface area contributed by atoms with Gasteiger partial charge in [0.1, 0.15) is 0 Å². The standard InChI is InChI=1S/C13H7BrCl3I/c14-13(7-1-3-10(16)11(17)5-7)9-6-8(15)2-4-12(9)18/h1-6,13H. The van der Waals surface area contributed by atoms with E-state index in [1.165, 1.54) is 0 Å². The molecule has 94 valence electrons. The second kappa shape index (κ2) is 6.31. The van der Waals surface area contributed by atoms with Gasteiger partial charge in [0.25, 0.3) is 0 Å². The molecular weight excluding hydrogens is 469 g/mol. The average molecular weight is 476 g/mol. The maximum absolute atomic E-state index is 6.04. The molecular formula is C13H7BrCl3I. The van der Waals surface area contributed by atoms with Crippen molar-refractivity contribution in [1.82, 2.24) is 0 Å². The molecule has 0 saturated heterocycles. The maximum atomic E-state index is 6.04. The van der Waals surface area contributed by atoms with Crippen LogP contribution in [0.1, 0.15) is 16.0 Å². The molecule has 0 amide bonds. The normalized spacial score (nSPS) is 12.5. The third-order valence-corrected chi connectivity index (χ3v) is 5.45. The Morgan fingerprint density at radius 2 is 1.67 bits per heavy atom. The molecule has 0 aromatic heterocycles. The molecule has 0 bridgehead atoms. The van der Waals surface area contributed by atoms with Gasteiger partial charge in [0, 0.05) is 8.59 Å². The Bertz CT molecular complexity index is 586. The average Bonchev–Trinajstić information content (AvgIpc) is 2.35. The summed E-state index contributed by atoms with van der Waals surface area (Å²) in [5.74, 6) is 0. The zero-order valence-corrected chi connectivity index (χ0v) is 14.9. The highest BCUT2D eigenvalue weighted by molar-refractivity contribution is 14.1. The topological polar surface area (TPSA) is 0 Å². The van der Waals surface area contributed by atoms with Crippen LogP contribution in [0.4, 0.5) is 0 Å². The minimum absolute atomic E-state index is 0.0397. The highest BCUT2D eigenvalue weighted by Gasteiger charge is 2.15. The van der Waals surface area contributed by atoms with Gasteiger partial charge in [-0.05, 0) is 64.0 Å². The molecule has 0 aliphatic rings. The van der Waals surface area contributed by atoms with Gasteiger partial charge in [0.05, 0.1) is 14.9 Å². The van der Waals surface area contributed by atoms with Gasteiger partial charge in [0.15, 0.2) is 0 Å². The second-order valence-electron chi connectivity index (χ2n) is 3.70. The van der Waals surface area contributed by atoms with Gasteiger partial charge in [-0.2, -0.15) is 0 Å². The van der Waals surface area contributed by atoms with Gasteiger partial charge in [0.2, 0.25) is 0 Å². The van der Waals surface area contributed by atoms with E-state index < -0.39 is 0 Å². The Morgan fingerprint density at radius 3 is 2.33 bits per heavy atom. The predicted octanol–water partition coefficient (Wildman–Crippen LogP) is 6.74. The monoisotopic (exact) mass is 474 g/mol. The third kappa shape index (κ3) is 3.34. The Hall–Kier alpha value is 0.520. The van der Waals surface area contributed by atoms with Crippen molar-refractivity contribution in [1.29, 1.82) is 0 Å². The van der Waals surface area contributed by atoms with E-state index in [0.717, 1.165) is 19.7 Å². The number of halogens is 5. The predicted molar refractivity (Wildman–Crippen MR) is 91.4 cm³/mol. The van der Waals surface area contributed by atoms with Gasteiger partial charge >= 0.3 is 0 Å². The number of alkyl halides is 1. The molecule has 1 atom stereocenters. The van der Waals surface area contributed by atoms with Crippen molar-refractivity contribution < 1.29 is 0 Å². The zero-order valence-electron chi connectivity index (χ0n) is 8.93. The van der Waals surface area contributed by atoms with Gasteiger partial charge in [-0.1, -0.05) is 56.8 Å². The number of hydrogen-bond acceptors (Lipinski definition) is 0. The number of benzene rings is 2. The maximum Gasteiger partial charge on any atom is 0.0655 e. The van der Waals surface area contributed by atoms with E-state index in [0.29, 0.717) is 10.0 Å². The van der Waals surface area contributed by atoms with E-state index in [9.17, 15) is 0 Å². The summed E-state index contributed by atoms with van der Waals surface area (Å²) >= 11 is 23.9. The fourth-order valence-corrected chi connectivity index (χ4v) is 3.78. The number of rotatable bonds is 2. The van der Waals surface area contributed by atoms with Crippen molar-refractivity contribution >= 4 is 73.3 Å². The van der Waals surface area contributed by atoms with E-state index in [1.807, 2.05) is 30.3 Å². The van der Waals surface area contributed by atoms with E-state index in [1.54, 1.807) is 6.07 Å². The van der Waals surface area contributed by atoms with Crippen molar-refractivity contribution in [2.75, 3.05) is 0 Å². The zero-order chi connectivity index (χ0) is 13.3. The lowest BCUT2D eigenvalue weighted by atomic mass is 10.1. The fourth-order valence-electron chi connectivity index (χ4n) is 1.56. The molecule has 0 N–H and O–H groups in total. The van der Waals surface area contributed by atoms with Crippen LogP contribution < -0.4 is 0 Å². The van der Waals surface area contributed by atoms with Crippen LogP contribution in [-0.4, -0.2) is 0 Å². The van der Waals surface area contributed by atoms with E-state index >= 15 is 0 Å². The summed E-state index contributed by atoms with van der Waals surface area (Å²) in [6.45, 7) is 0. The van der Waals surface area contributed by atoms with Gasteiger partial charge in [-0.25, -0.2) is 0 Å². The van der Waals surface area contributed by atoms with Crippen LogP contribution in [0.15, 0.2) is 36.4 Å². The SMILES string of the molecule is Clc1ccc(I)c(C(Br)c2ccc(Cl)c(Cl)c2)c1. The summed E-state index contributed by atoms with van der Waals surface area (Å²) < 4.78 is 1.14. The van der Waals surface area contributed by atoms with Crippen LogP contribution in [0.3, 0.4) is 0 Å². The molecule has 0 saturated carbocycles. The minimum atomic E-state index is 0.0397. The summed E-state index contributed by atoms with van der Waals surface area (Å²) in [5.41, 5.74) is 2.16. The van der Waals surface area contributed by atoms with E-state index in [2.05, 4.69) is 38.5 Å². The van der Waals surface area contributed by atoms with Crippen molar-refractivity contribution in [2.24, 2.45) is 0 Å². The Morgan fingerprint density at radius 1 is 0.944 bits per heavy atom. The quantitative estimate of drug-likeness (QED) is 0.333. The second-order valence-corrected chi connectivity index (χ2v) is 7.03. The molecule has 0 heterocycles. The molecule has 18 heavy (non-hydrogen) atoms.